The Labute approximate surface area is 231 Å². The van der Waals surface area contributed by atoms with Gasteiger partial charge in [-0.15, -0.1) is 0 Å². The van der Waals surface area contributed by atoms with Gasteiger partial charge < -0.3 is 35.0 Å². The van der Waals surface area contributed by atoms with Gasteiger partial charge in [0.1, 0.15) is 51.2 Å². The molecule has 10 nitrogen and oxygen atoms in total. The first-order chi connectivity index (χ1) is 19.0. The van der Waals surface area contributed by atoms with Gasteiger partial charge >= 0.3 is 17.9 Å². The van der Waals surface area contributed by atoms with E-state index in [0.717, 1.165) is 18.2 Å². The number of aromatic hydroxyl groups is 4. The molecule has 0 aromatic heterocycles. The summed E-state index contributed by atoms with van der Waals surface area (Å²) < 4.78 is 10.9. The van der Waals surface area contributed by atoms with Crippen LogP contribution in [-0.2, 0) is 19.3 Å². The van der Waals surface area contributed by atoms with Crippen molar-refractivity contribution in [2.24, 2.45) is 0 Å². The number of benzene rings is 3. The number of ether oxygens (including phenoxy) is 2. The summed E-state index contributed by atoms with van der Waals surface area (Å²) >= 11 is 0. The lowest BCUT2D eigenvalue weighted by atomic mass is 10.0. The van der Waals surface area contributed by atoms with Gasteiger partial charge in [0.05, 0.1) is 0 Å². The molecule has 0 atom stereocenters. The minimum absolute atomic E-state index is 0.0777. The van der Waals surface area contributed by atoms with Crippen molar-refractivity contribution in [2.75, 3.05) is 0 Å². The van der Waals surface area contributed by atoms with Crippen LogP contribution in [0.2, 0.25) is 0 Å². The number of phenols is 4. The SMILES string of the molecule is CCCc1cc(OC(=O)c2c(O)cc(OC(=O)c3c(O)cc(O)cc3CCC)cc2CCC)cc(O)c1C(=O)O. The average Bonchev–Trinajstić information content (AvgIpc) is 2.83. The van der Waals surface area contributed by atoms with Gasteiger partial charge in [-0.05, 0) is 54.2 Å². The van der Waals surface area contributed by atoms with E-state index in [1.165, 1.54) is 18.2 Å². The van der Waals surface area contributed by atoms with Crippen LogP contribution in [0, 0.1) is 0 Å². The highest BCUT2D eigenvalue weighted by molar-refractivity contribution is 5.98. The Morgan fingerprint density at radius 1 is 0.575 bits per heavy atom. The summed E-state index contributed by atoms with van der Waals surface area (Å²) in [5.74, 6) is -5.08. The van der Waals surface area contributed by atoms with Gasteiger partial charge in [0.15, 0.2) is 0 Å². The fourth-order valence-corrected chi connectivity index (χ4v) is 4.53. The summed E-state index contributed by atoms with van der Waals surface area (Å²) in [7, 11) is 0. The third-order valence-corrected chi connectivity index (χ3v) is 6.13. The van der Waals surface area contributed by atoms with E-state index in [0.29, 0.717) is 49.7 Å². The Kier molecular flexibility index (Phi) is 9.60. The molecular weight excluding hydrogens is 520 g/mol. The van der Waals surface area contributed by atoms with E-state index in [4.69, 9.17) is 9.47 Å². The number of carbonyl (C=O) groups is 3. The van der Waals surface area contributed by atoms with Crippen molar-refractivity contribution in [3.05, 3.63) is 69.8 Å². The Morgan fingerprint density at radius 3 is 1.38 bits per heavy atom. The molecule has 3 aromatic rings. The molecule has 0 radical (unpaired) electrons. The fraction of sp³-hybridized carbons (Fsp3) is 0.300. The quantitative estimate of drug-likeness (QED) is 0.151. The molecular formula is C30H32O10. The number of aryl methyl sites for hydroxylation is 3. The molecule has 0 aliphatic heterocycles. The van der Waals surface area contributed by atoms with Gasteiger partial charge in [0.25, 0.3) is 0 Å². The largest absolute Gasteiger partial charge is 0.508 e. The predicted octanol–water partition coefficient (Wildman–Crippen LogP) is 5.50. The molecule has 5 N–H and O–H groups in total. The van der Waals surface area contributed by atoms with Crippen LogP contribution in [-0.4, -0.2) is 43.4 Å². The van der Waals surface area contributed by atoms with Crippen LogP contribution < -0.4 is 9.47 Å². The molecule has 10 heteroatoms. The van der Waals surface area contributed by atoms with Crippen LogP contribution in [0.5, 0.6) is 34.5 Å². The lowest BCUT2D eigenvalue weighted by Gasteiger charge is -2.15. The van der Waals surface area contributed by atoms with E-state index >= 15 is 0 Å². The van der Waals surface area contributed by atoms with Crippen LogP contribution in [0.3, 0.4) is 0 Å². The molecule has 0 spiro atoms. The molecule has 0 aliphatic rings. The summed E-state index contributed by atoms with van der Waals surface area (Å²) in [5.41, 5.74) is 0.427. The molecule has 40 heavy (non-hydrogen) atoms. The van der Waals surface area contributed by atoms with Crippen molar-refractivity contribution in [3.63, 3.8) is 0 Å². The maximum atomic E-state index is 13.1. The average molecular weight is 553 g/mol. The van der Waals surface area contributed by atoms with Crippen molar-refractivity contribution in [1.29, 1.82) is 0 Å². The van der Waals surface area contributed by atoms with E-state index in [-0.39, 0.29) is 39.5 Å². The third kappa shape index (κ3) is 6.63. The monoisotopic (exact) mass is 552 g/mol. The molecule has 0 fully saturated rings. The highest BCUT2D eigenvalue weighted by atomic mass is 16.5. The summed E-state index contributed by atoms with van der Waals surface area (Å²) in [5, 5.41) is 50.5. The summed E-state index contributed by atoms with van der Waals surface area (Å²) in [6.45, 7) is 5.55. The second kappa shape index (κ2) is 12.9. The van der Waals surface area contributed by atoms with E-state index in [1.54, 1.807) is 0 Å². The lowest BCUT2D eigenvalue weighted by Crippen LogP contribution is -2.15. The normalized spacial score (nSPS) is 10.8. The van der Waals surface area contributed by atoms with Crippen molar-refractivity contribution >= 4 is 17.9 Å². The van der Waals surface area contributed by atoms with Gasteiger partial charge in [-0.1, -0.05) is 40.0 Å². The number of carboxylic acid groups (broad SMARTS) is 1. The number of esters is 2. The second-order valence-corrected chi connectivity index (χ2v) is 9.29. The number of aromatic carboxylic acids is 1. The zero-order valence-corrected chi connectivity index (χ0v) is 22.5. The van der Waals surface area contributed by atoms with E-state index < -0.39 is 35.2 Å². The van der Waals surface area contributed by atoms with Gasteiger partial charge in [0.2, 0.25) is 0 Å². The highest BCUT2D eigenvalue weighted by Crippen LogP contribution is 2.34. The lowest BCUT2D eigenvalue weighted by molar-refractivity contribution is 0.0689. The minimum atomic E-state index is -1.31. The molecule has 0 heterocycles. The first kappa shape index (κ1) is 29.8. The molecule has 0 amide bonds. The van der Waals surface area contributed by atoms with E-state index in [1.807, 2.05) is 20.8 Å². The Bertz CT molecular complexity index is 1440. The van der Waals surface area contributed by atoms with Crippen LogP contribution in [0.1, 0.15) is 87.8 Å². The van der Waals surface area contributed by atoms with Crippen molar-refractivity contribution in [1.82, 2.24) is 0 Å². The van der Waals surface area contributed by atoms with Crippen molar-refractivity contribution in [2.45, 2.75) is 59.3 Å². The number of hydrogen-bond acceptors (Lipinski definition) is 9. The van der Waals surface area contributed by atoms with Gasteiger partial charge in [0, 0.05) is 18.2 Å². The van der Waals surface area contributed by atoms with Gasteiger partial charge in [-0.25, -0.2) is 14.4 Å². The third-order valence-electron chi connectivity index (χ3n) is 6.13. The van der Waals surface area contributed by atoms with Crippen molar-refractivity contribution in [3.8, 4) is 34.5 Å². The zero-order valence-electron chi connectivity index (χ0n) is 22.5. The fourth-order valence-electron chi connectivity index (χ4n) is 4.53. The number of phenolic OH excluding ortho intramolecular Hbond substituents is 3. The van der Waals surface area contributed by atoms with Crippen LogP contribution in [0.25, 0.3) is 0 Å². The smallest absolute Gasteiger partial charge is 0.347 e. The molecule has 212 valence electrons. The molecule has 0 saturated carbocycles. The molecule has 0 aliphatic carbocycles. The van der Waals surface area contributed by atoms with Crippen LogP contribution >= 0.6 is 0 Å². The van der Waals surface area contributed by atoms with E-state index in [2.05, 4.69) is 0 Å². The maximum absolute atomic E-state index is 13.1. The topological polar surface area (TPSA) is 171 Å². The maximum Gasteiger partial charge on any atom is 0.347 e. The van der Waals surface area contributed by atoms with Gasteiger partial charge in [-0.2, -0.15) is 0 Å². The van der Waals surface area contributed by atoms with Crippen LogP contribution in [0.15, 0.2) is 36.4 Å². The summed E-state index contributed by atoms with van der Waals surface area (Å²) in [4.78, 5) is 37.7. The number of carbonyl (C=O) groups excluding carboxylic acids is 2. The standard InChI is InChI=1S/C30H32O10/c1-4-7-16-10-19(31)13-22(32)26(16)29(37)40-21-12-18(9-6-3)27(24(34)15-21)30(38)39-20-11-17(8-5-2)25(28(35)36)23(33)14-20/h10-15,31-34H,4-9H2,1-3H3,(H,35,36). The molecule has 0 saturated heterocycles. The number of rotatable bonds is 11. The minimum Gasteiger partial charge on any atom is -0.508 e. The predicted molar refractivity (Wildman–Crippen MR) is 145 cm³/mol. The summed E-state index contributed by atoms with van der Waals surface area (Å²) in [6.07, 6.45) is 2.80. The van der Waals surface area contributed by atoms with Crippen LogP contribution in [0.4, 0.5) is 0 Å². The van der Waals surface area contributed by atoms with E-state index in [9.17, 15) is 39.9 Å². The zero-order chi connectivity index (χ0) is 29.6. The Balaban J connectivity index is 1.95. The summed E-state index contributed by atoms with van der Waals surface area (Å²) in [6, 6.07) is 7.24. The molecule has 0 bridgehead atoms. The number of hydrogen-bond donors (Lipinski definition) is 5. The number of carboxylic acids is 1. The first-order valence-electron chi connectivity index (χ1n) is 12.9. The second-order valence-electron chi connectivity index (χ2n) is 9.29. The highest BCUT2D eigenvalue weighted by Gasteiger charge is 2.25. The molecule has 3 aromatic carbocycles. The molecule has 3 rings (SSSR count). The first-order valence-corrected chi connectivity index (χ1v) is 12.9. The Morgan fingerprint density at radius 2 is 0.950 bits per heavy atom. The van der Waals surface area contributed by atoms with Gasteiger partial charge in [-0.3, -0.25) is 0 Å². The Hall–Kier alpha value is -4.73. The molecule has 0 unspecified atom stereocenters. The van der Waals surface area contributed by atoms with Crippen molar-refractivity contribution < 1.29 is 49.4 Å².